The van der Waals surface area contributed by atoms with Crippen LogP contribution in [-0.4, -0.2) is 35.6 Å². The number of methoxy groups -OCH3 is 1. The quantitative estimate of drug-likeness (QED) is 0.286. The number of fused-ring (bicyclic) bond motifs is 1. The van der Waals surface area contributed by atoms with Crippen molar-refractivity contribution >= 4 is 34.2 Å². The number of carbonyl (C=O) groups excluding carboxylic acids is 2. The van der Waals surface area contributed by atoms with Crippen LogP contribution in [0.15, 0.2) is 67.0 Å². The lowest BCUT2D eigenvalue weighted by atomic mass is 10.1. The van der Waals surface area contributed by atoms with Crippen LogP contribution in [-0.2, 0) is 11.2 Å². The molecule has 1 aromatic heterocycles. The first-order valence-electron chi connectivity index (χ1n) is 11.6. The van der Waals surface area contributed by atoms with Gasteiger partial charge < -0.3 is 25.4 Å². The van der Waals surface area contributed by atoms with Crippen LogP contribution in [0.25, 0.3) is 10.9 Å². The van der Waals surface area contributed by atoms with Crippen LogP contribution in [0.3, 0.4) is 0 Å². The van der Waals surface area contributed by atoms with E-state index in [0.29, 0.717) is 59.0 Å². The van der Waals surface area contributed by atoms with Gasteiger partial charge in [-0.1, -0.05) is 19.1 Å². The van der Waals surface area contributed by atoms with Crippen molar-refractivity contribution in [1.29, 1.82) is 0 Å². The Balaban J connectivity index is 1.40. The molecule has 0 saturated carbocycles. The van der Waals surface area contributed by atoms with Crippen molar-refractivity contribution in [2.75, 3.05) is 24.3 Å². The Hall–Kier alpha value is -4.73. The summed E-state index contributed by atoms with van der Waals surface area (Å²) in [7, 11) is 1.52. The molecule has 0 aliphatic rings. The molecule has 37 heavy (non-hydrogen) atoms. The summed E-state index contributed by atoms with van der Waals surface area (Å²) in [4.78, 5) is 32.6. The maximum absolute atomic E-state index is 13.0. The fourth-order valence-corrected chi connectivity index (χ4v) is 3.51. The summed E-state index contributed by atoms with van der Waals surface area (Å²) in [5.41, 5.74) is 2.59. The molecule has 10 heteroatoms. The standard InChI is InChI=1S/C27H26FN5O4/c1-3-25(34)33-23-14-21-22(15-24(23)36-2)30-16-31-26(21)37-20-10-8-19(9-11-20)32-27(35)29-13-12-17-4-6-18(28)7-5-17/h4-11,14-16H,3,12-13H2,1-2H3,(H,33,34)(H2,29,32,35). The lowest BCUT2D eigenvalue weighted by Crippen LogP contribution is -2.30. The van der Waals surface area contributed by atoms with Crippen molar-refractivity contribution in [3.63, 3.8) is 0 Å². The number of urea groups is 1. The molecule has 9 nitrogen and oxygen atoms in total. The second kappa shape index (κ2) is 11.8. The first-order chi connectivity index (χ1) is 17.9. The fraction of sp³-hybridized carbons (Fsp3) is 0.185. The maximum atomic E-state index is 13.0. The molecule has 1 heterocycles. The first kappa shape index (κ1) is 25.4. The third-order valence-electron chi connectivity index (χ3n) is 5.45. The van der Waals surface area contributed by atoms with Gasteiger partial charge in [-0.05, 0) is 54.4 Å². The number of benzene rings is 3. The number of hydrogen-bond donors (Lipinski definition) is 3. The Labute approximate surface area is 213 Å². The minimum atomic E-state index is -0.354. The molecule has 0 radical (unpaired) electrons. The normalized spacial score (nSPS) is 10.6. The van der Waals surface area contributed by atoms with Crippen LogP contribution < -0.4 is 25.4 Å². The van der Waals surface area contributed by atoms with E-state index >= 15 is 0 Å². The largest absolute Gasteiger partial charge is 0.494 e. The second-order valence-electron chi connectivity index (χ2n) is 8.03. The number of halogens is 1. The van der Waals surface area contributed by atoms with E-state index in [1.54, 1.807) is 55.5 Å². The molecule has 0 atom stereocenters. The fourth-order valence-electron chi connectivity index (χ4n) is 3.51. The van der Waals surface area contributed by atoms with Gasteiger partial charge in [-0.15, -0.1) is 0 Å². The van der Waals surface area contributed by atoms with Gasteiger partial charge in [0.1, 0.15) is 23.6 Å². The Morgan fingerprint density at radius 1 is 0.973 bits per heavy atom. The number of anilines is 2. The summed E-state index contributed by atoms with van der Waals surface area (Å²) >= 11 is 0. The van der Waals surface area contributed by atoms with Crippen LogP contribution in [0, 0.1) is 5.82 Å². The number of rotatable bonds is 9. The lowest BCUT2D eigenvalue weighted by molar-refractivity contribution is -0.115. The monoisotopic (exact) mass is 503 g/mol. The number of nitrogens with zero attached hydrogens (tertiary/aromatic N) is 2. The van der Waals surface area contributed by atoms with Crippen molar-refractivity contribution in [2.45, 2.75) is 19.8 Å². The van der Waals surface area contributed by atoms with E-state index in [1.807, 2.05) is 0 Å². The highest BCUT2D eigenvalue weighted by molar-refractivity contribution is 5.97. The number of amides is 3. The molecule has 4 aromatic rings. The van der Waals surface area contributed by atoms with Crippen LogP contribution in [0.2, 0.25) is 0 Å². The highest BCUT2D eigenvalue weighted by Crippen LogP contribution is 2.34. The third-order valence-corrected chi connectivity index (χ3v) is 5.45. The summed E-state index contributed by atoms with van der Waals surface area (Å²) in [6, 6.07) is 16.0. The molecular formula is C27H26FN5O4. The molecule has 0 bridgehead atoms. The molecule has 0 saturated heterocycles. The first-order valence-corrected chi connectivity index (χ1v) is 11.6. The lowest BCUT2D eigenvalue weighted by Gasteiger charge is -2.13. The topological polar surface area (TPSA) is 114 Å². The average molecular weight is 504 g/mol. The van der Waals surface area contributed by atoms with Gasteiger partial charge >= 0.3 is 6.03 Å². The van der Waals surface area contributed by atoms with Gasteiger partial charge in [0.2, 0.25) is 11.8 Å². The molecule has 0 spiro atoms. The van der Waals surface area contributed by atoms with E-state index in [0.717, 1.165) is 5.56 Å². The summed E-state index contributed by atoms with van der Waals surface area (Å²) in [5.74, 6) is 0.834. The summed E-state index contributed by atoms with van der Waals surface area (Å²) in [6.45, 7) is 2.17. The molecule has 3 amide bonds. The summed E-state index contributed by atoms with van der Waals surface area (Å²) in [5, 5.41) is 8.93. The zero-order valence-electron chi connectivity index (χ0n) is 20.4. The summed E-state index contributed by atoms with van der Waals surface area (Å²) < 4.78 is 24.3. The number of aromatic nitrogens is 2. The van der Waals surface area contributed by atoms with Gasteiger partial charge in [0.25, 0.3) is 0 Å². The number of hydrogen-bond acceptors (Lipinski definition) is 6. The Morgan fingerprint density at radius 2 is 1.73 bits per heavy atom. The Bertz CT molecular complexity index is 1390. The molecule has 3 N–H and O–H groups in total. The third kappa shape index (κ3) is 6.69. The molecular weight excluding hydrogens is 477 g/mol. The van der Waals surface area contributed by atoms with Gasteiger partial charge in [0.05, 0.1) is 23.7 Å². The number of ether oxygens (including phenoxy) is 2. The van der Waals surface area contributed by atoms with Crippen molar-refractivity contribution in [2.24, 2.45) is 0 Å². The highest BCUT2D eigenvalue weighted by atomic mass is 19.1. The second-order valence-corrected chi connectivity index (χ2v) is 8.03. The molecule has 190 valence electrons. The van der Waals surface area contributed by atoms with Gasteiger partial charge in [-0.3, -0.25) is 4.79 Å². The van der Waals surface area contributed by atoms with E-state index in [9.17, 15) is 14.0 Å². The van der Waals surface area contributed by atoms with Gasteiger partial charge in [0.15, 0.2) is 0 Å². The SMILES string of the molecule is CCC(=O)Nc1cc2c(Oc3ccc(NC(=O)NCCc4ccc(F)cc4)cc3)ncnc2cc1OC. The van der Waals surface area contributed by atoms with Gasteiger partial charge in [-0.2, -0.15) is 0 Å². The Morgan fingerprint density at radius 3 is 2.43 bits per heavy atom. The minimum Gasteiger partial charge on any atom is -0.494 e. The number of carbonyl (C=O) groups is 2. The van der Waals surface area contributed by atoms with Crippen molar-refractivity contribution in [3.05, 3.63) is 78.4 Å². The van der Waals surface area contributed by atoms with E-state index < -0.39 is 0 Å². The van der Waals surface area contributed by atoms with E-state index in [1.165, 1.54) is 25.6 Å². The van der Waals surface area contributed by atoms with Crippen molar-refractivity contribution in [3.8, 4) is 17.4 Å². The van der Waals surface area contributed by atoms with E-state index in [2.05, 4.69) is 25.9 Å². The highest BCUT2D eigenvalue weighted by Gasteiger charge is 2.14. The van der Waals surface area contributed by atoms with Crippen LogP contribution in [0.5, 0.6) is 17.4 Å². The zero-order chi connectivity index (χ0) is 26.2. The van der Waals surface area contributed by atoms with Gasteiger partial charge in [-0.25, -0.2) is 19.2 Å². The predicted octanol–water partition coefficient (Wildman–Crippen LogP) is 5.28. The smallest absolute Gasteiger partial charge is 0.319 e. The number of nitrogens with one attached hydrogen (secondary N) is 3. The van der Waals surface area contributed by atoms with Crippen LogP contribution in [0.4, 0.5) is 20.6 Å². The molecule has 0 fully saturated rings. The zero-order valence-corrected chi connectivity index (χ0v) is 20.4. The maximum Gasteiger partial charge on any atom is 0.319 e. The van der Waals surface area contributed by atoms with Crippen molar-refractivity contribution in [1.82, 2.24) is 15.3 Å². The van der Waals surface area contributed by atoms with Gasteiger partial charge in [0, 0.05) is 24.7 Å². The van der Waals surface area contributed by atoms with E-state index in [-0.39, 0.29) is 17.8 Å². The average Bonchev–Trinajstić information content (AvgIpc) is 2.90. The molecule has 0 aliphatic heterocycles. The Kier molecular flexibility index (Phi) is 8.09. The molecule has 4 rings (SSSR count). The minimum absolute atomic E-state index is 0.153. The predicted molar refractivity (Wildman–Crippen MR) is 139 cm³/mol. The summed E-state index contributed by atoms with van der Waals surface area (Å²) in [6.07, 6.45) is 2.29. The van der Waals surface area contributed by atoms with E-state index in [4.69, 9.17) is 9.47 Å². The molecule has 0 unspecified atom stereocenters. The van der Waals surface area contributed by atoms with Crippen molar-refractivity contribution < 1.29 is 23.5 Å². The molecule has 0 aliphatic carbocycles. The molecule has 3 aromatic carbocycles. The van der Waals surface area contributed by atoms with Crippen LogP contribution >= 0.6 is 0 Å². The van der Waals surface area contributed by atoms with Crippen LogP contribution in [0.1, 0.15) is 18.9 Å².